The lowest BCUT2D eigenvalue weighted by molar-refractivity contribution is 0.424. The van der Waals surface area contributed by atoms with E-state index in [1.165, 1.54) is 0 Å². The third kappa shape index (κ3) is 2.55. The summed E-state index contributed by atoms with van der Waals surface area (Å²) in [5.74, 6) is 0. The van der Waals surface area contributed by atoms with Crippen LogP contribution in [0.5, 0.6) is 0 Å². The quantitative estimate of drug-likeness (QED) is 0.946. The molecule has 1 heterocycles. The van der Waals surface area contributed by atoms with E-state index < -0.39 is 0 Å². The Morgan fingerprint density at radius 3 is 2.79 bits per heavy atom. The Labute approximate surface area is 121 Å². The largest absolute Gasteiger partial charge is 0.310 e. The molecule has 0 fully saturated rings. The van der Waals surface area contributed by atoms with Gasteiger partial charge in [-0.1, -0.05) is 15.9 Å². The van der Waals surface area contributed by atoms with Crippen LogP contribution in [0.1, 0.15) is 25.1 Å². The molecule has 5 heteroatoms. The molecule has 98 valence electrons. The van der Waals surface area contributed by atoms with E-state index in [4.69, 9.17) is 0 Å². The van der Waals surface area contributed by atoms with Gasteiger partial charge in [0.1, 0.15) is 6.07 Å². The van der Waals surface area contributed by atoms with E-state index in [1.807, 2.05) is 29.9 Å². The van der Waals surface area contributed by atoms with Gasteiger partial charge in [-0.05, 0) is 39.1 Å². The second-order valence-electron chi connectivity index (χ2n) is 4.80. The smallest absolute Gasteiger partial charge is 0.101 e. The Morgan fingerprint density at radius 2 is 2.16 bits per heavy atom. The molecule has 4 nitrogen and oxygen atoms in total. The Kier molecular flexibility index (Phi) is 3.74. The lowest BCUT2D eigenvalue weighted by atomic mass is 10.0. The first-order valence-electron chi connectivity index (χ1n) is 5.91. The zero-order chi connectivity index (χ0) is 14.0. The van der Waals surface area contributed by atoms with E-state index in [-0.39, 0.29) is 5.54 Å². The van der Waals surface area contributed by atoms with E-state index in [9.17, 15) is 5.26 Å². The second kappa shape index (κ2) is 5.16. The van der Waals surface area contributed by atoms with Crippen molar-refractivity contribution in [1.82, 2.24) is 14.9 Å². The highest BCUT2D eigenvalue weighted by Crippen LogP contribution is 2.26. The summed E-state index contributed by atoms with van der Waals surface area (Å²) in [6, 6.07) is 7.81. The van der Waals surface area contributed by atoms with Crippen LogP contribution in [0, 0.1) is 11.3 Å². The highest BCUT2D eigenvalue weighted by atomic mass is 79.9. The molecular formula is C14H15BrN4. The Bertz CT molecular complexity index is 637. The van der Waals surface area contributed by atoms with Crippen molar-refractivity contribution in [3.05, 3.63) is 46.5 Å². The van der Waals surface area contributed by atoms with E-state index in [0.29, 0.717) is 5.56 Å². The third-order valence-corrected chi connectivity index (χ3v) is 3.74. The molecule has 0 saturated heterocycles. The van der Waals surface area contributed by atoms with Gasteiger partial charge in [0.2, 0.25) is 0 Å². The Morgan fingerprint density at radius 1 is 1.42 bits per heavy atom. The van der Waals surface area contributed by atoms with Crippen molar-refractivity contribution in [3.63, 3.8) is 0 Å². The number of imidazole rings is 1. The summed E-state index contributed by atoms with van der Waals surface area (Å²) in [5.41, 5.74) is 2.22. The van der Waals surface area contributed by atoms with Gasteiger partial charge in [0.15, 0.2) is 0 Å². The molecule has 19 heavy (non-hydrogen) atoms. The van der Waals surface area contributed by atoms with Gasteiger partial charge in [0, 0.05) is 4.47 Å². The number of nitriles is 1. The Hall–Kier alpha value is -1.64. The third-order valence-electron chi connectivity index (χ3n) is 3.24. The summed E-state index contributed by atoms with van der Waals surface area (Å²) >= 11 is 3.44. The highest BCUT2D eigenvalue weighted by molar-refractivity contribution is 9.10. The molecule has 0 spiro atoms. The van der Waals surface area contributed by atoms with Gasteiger partial charge in [-0.3, -0.25) is 0 Å². The summed E-state index contributed by atoms with van der Waals surface area (Å²) in [4.78, 5) is 4.22. The molecule has 2 rings (SSSR count). The summed E-state index contributed by atoms with van der Waals surface area (Å²) in [6.45, 7) is 4.15. The molecule has 1 aromatic carbocycles. The monoisotopic (exact) mass is 318 g/mol. The van der Waals surface area contributed by atoms with Crippen LogP contribution in [0.3, 0.4) is 0 Å². The van der Waals surface area contributed by atoms with Gasteiger partial charge in [0.05, 0.1) is 35.0 Å². The van der Waals surface area contributed by atoms with Gasteiger partial charge < -0.3 is 9.88 Å². The summed E-state index contributed by atoms with van der Waals surface area (Å²) in [5, 5.41) is 12.5. The molecule has 2 aromatic rings. The summed E-state index contributed by atoms with van der Waals surface area (Å²) in [6.07, 6.45) is 3.55. The van der Waals surface area contributed by atoms with Crippen molar-refractivity contribution < 1.29 is 0 Å². The number of hydrogen-bond acceptors (Lipinski definition) is 3. The first-order valence-corrected chi connectivity index (χ1v) is 6.70. The minimum atomic E-state index is -0.231. The van der Waals surface area contributed by atoms with Gasteiger partial charge in [-0.2, -0.15) is 5.26 Å². The SMILES string of the molecule is CNC(C)(C)c1cncn1-c1cc(Br)ccc1C#N. The molecule has 0 bridgehead atoms. The van der Waals surface area contributed by atoms with Crippen molar-refractivity contribution in [1.29, 1.82) is 5.26 Å². The molecule has 0 unspecified atom stereocenters. The molecular weight excluding hydrogens is 304 g/mol. The standard InChI is InChI=1S/C14H15BrN4/c1-14(2,17-3)13-8-18-9-19(13)12-6-11(15)5-4-10(12)7-16/h4-6,8-9,17H,1-3H3. The lowest BCUT2D eigenvalue weighted by Gasteiger charge is -2.25. The predicted molar refractivity (Wildman–Crippen MR) is 78.1 cm³/mol. The van der Waals surface area contributed by atoms with Crippen molar-refractivity contribution >= 4 is 15.9 Å². The maximum Gasteiger partial charge on any atom is 0.101 e. The lowest BCUT2D eigenvalue weighted by Crippen LogP contribution is -2.35. The predicted octanol–water partition coefficient (Wildman–Crippen LogP) is 2.96. The molecule has 0 saturated carbocycles. The fraction of sp³-hybridized carbons (Fsp3) is 0.286. The summed E-state index contributed by atoms with van der Waals surface area (Å²) in [7, 11) is 1.91. The normalized spacial score (nSPS) is 11.3. The van der Waals surface area contributed by atoms with Crippen LogP contribution in [-0.2, 0) is 5.54 Å². The van der Waals surface area contributed by atoms with Crippen molar-refractivity contribution in [2.24, 2.45) is 0 Å². The maximum atomic E-state index is 9.24. The number of aromatic nitrogens is 2. The van der Waals surface area contributed by atoms with Crippen LogP contribution in [0.15, 0.2) is 35.2 Å². The second-order valence-corrected chi connectivity index (χ2v) is 5.71. The van der Waals surface area contributed by atoms with E-state index >= 15 is 0 Å². The first kappa shape index (κ1) is 13.8. The van der Waals surface area contributed by atoms with Crippen molar-refractivity contribution in [2.75, 3.05) is 7.05 Å². The molecule has 0 aliphatic carbocycles. The fourth-order valence-corrected chi connectivity index (χ4v) is 2.23. The zero-order valence-corrected chi connectivity index (χ0v) is 12.7. The van der Waals surface area contributed by atoms with E-state index in [2.05, 4.69) is 46.1 Å². The van der Waals surface area contributed by atoms with E-state index in [1.54, 1.807) is 12.4 Å². The number of halogens is 1. The number of benzene rings is 1. The topological polar surface area (TPSA) is 53.6 Å². The van der Waals surface area contributed by atoms with E-state index in [0.717, 1.165) is 15.9 Å². The van der Waals surface area contributed by atoms with Gasteiger partial charge in [-0.25, -0.2) is 4.98 Å². The minimum Gasteiger partial charge on any atom is -0.310 e. The Balaban J connectivity index is 2.65. The van der Waals surface area contributed by atoms with Crippen molar-refractivity contribution in [2.45, 2.75) is 19.4 Å². The highest BCUT2D eigenvalue weighted by Gasteiger charge is 2.23. The van der Waals surface area contributed by atoms with Gasteiger partial charge >= 0.3 is 0 Å². The van der Waals surface area contributed by atoms with Crippen LogP contribution in [0.2, 0.25) is 0 Å². The molecule has 0 atom stereocenters. The van der Waals surface area contributed by atoms with Crippen LogP contribution in [0.4, 0.5) is 0 Å². The van der Waals surface area contributed by atoms with Crippen LogP contribution < -0.4 is 5.32 Å². The summed E-state index contributed by atoms with van der Waals surface area (Å²) < 4.78 is 2.88. The van der Waals surface area contributed by atoms with Gasteiger partial charge in [0.25, 0.3) is 0 Å². The molecule has 1 N–H and O–H groups in total. The average molecular weight is 319 g/mol. The zero-order valence-electron chi connectivity index (χ0n) is 11.1. The van der Waals surface area contributed by atoms with Crippen molar-refractivity contribution in [3.8, 4) is 11.8 Å². The fourth-order valence-electron chi connectivity index (χ4n) is 1.88. The van der Waals surface area contributed by atoms with Crippen LogP contribution >= 0.6 is 15.9 Å². The number of rotatable bonds is 3. The van der Waals surface area contributed by atoms with Crippen LogP contribution in [0.25, 0.3) is 5.69 Å². The number of nitrogens with one attached hydrogen (secondary N) is 1. The number of hydrogen-bond donors (Lipinski definition) is 1. The molecule has 0 aliphatic rings. The first-order chi connectivity index (χ1) is 8.99. The minimum absolute atomic E-state index is 0.231. The molecule has 0 radical (unpaired) electrons. The van der Waals surface area contributed by atoms with Gasteiger partial charge in [-0.15, -0.1) is 0 Å². The molecule has 0 aliphatic heterocycles. The molecule has 1 aromatic heterocycles. The molecule has 0 amide bonds. The van der Waals surface area contributed by atoms with Crippen LogP contribution in [-0.4, -0.2) is 16.6 Å². The maximum absolute atomic E-state index is 9.24. The average Bonchev–Trinajstić information content (AvgIpc) is 2.88. The number of nitrogens with zero attached hydrogens (tertiary/aromatic N) is 3.